The molecule has 0 aliphatic heterocycles. The number of Topliss-reactive ketones (excluding diaryl/α,β-unsaturated/α-hetero) is 1. The van der Waals surface area contributed by atoms with Crippen LogP contribution in [-0.4, -0.2) is 30.7 Å². The van der Waals surface area contributed by atoms with Crippen LogP contribution in [-0.2, 0) is 14.6 Å². The molecule has 0 saturated heterocycles. The summed E-state index contributed by atoms with van der Waals surface area (Å²) in [5, 5.41) is 0. The van der Waals surface area contributed by atoms with Crippen molar-refractivity contribution >= 4 is 15.6 Å². The van der Waals surface area contributed by atoms with Crippen LogP contribution in [0.1, 0.15) is 40.5 Å². The second kappa shape index (κ2) is 5.07. The van der Waals surface area contributed by atoms with E-state index >= 15 is 0 Å². The van der Waals surface area contributed by atoms with Crippen molar-refractivity contribution in [3.63, 3.8) is 0 Å². The molecule has 0 amide bonds. The summed E-state index contributed by atoms with van der Waals surface area (Å²) in [6.07, 6.45) is 0.320. The van der Waals surface area contributed by atoms with Gasteiger partial charge in [-0.25, -0.2) is 8.42 Å². The van der Waals surface area contributed by atoms with Gasteiger partial charge in [0.15, 0.2) is 9.84 Å². The van der Waals surface area contributed by atoms with Gasteiger partial charge in [0, 0.05) is 18.9 Å². The zero-order valence-corrected chi connectivity index (χ0v) is 10.7. The number of carbonyl (C=O) groups excluding carboxylic acids is 1. The molecular weight excluding hydrogens is 214 g/mol. The minimum Gasteiger partial charge on any atom is -0.328 e. The maximum Gasteiger partial charge on any atom is 0.155 e. The summed E-state index contributed by atoms with van der Waals surface area (Å²) in [4.78, 5) is 11.3. The standard InChI is InChI=1S/C10H21NO3S/c1-8(11)7-9(12)5-6-15(13,14)10(2,3)4/h8H,5-7,11H2,1-4H3. The van der Waals surface area contributed by atoms with Gasteiger partial charge in [0.1, 0.15) is 5.78 Å². The predicted molar refractivity (Wildman–Crippen MR) is 61.4 cm³/mol. The highest BCUT2D eigenvalue weighted by Gasteiger charge is 2.29. The van der Waals surface area contributed by atoms with Crippen molar-refractivity contribution in [2.24, 2.45) is 5.73 Å². The average Bonchev–Trinajstić information content (AvgIpc) is 1.97. The lowest BCUT2D eigenvalue weighted by molar-refractivity contribution is -0.118. The summed E-state index contributed by atoms with van der Waals surface area (Å²) < 4.78 is 22.5. The molecule has 2 N–H and O–H groups in total. The van der Waals surface area contributed by atoms with Crippen molar-refractivity contribution in [1.82, 2.24) is 0 Å². The van der Waals surface area contributed by atoms with E-state index in [1.54, 1.807) is 27.7 Å². The normalized spacial score (nSPS) is 15.0. The Balaban J connectivity index is 4.24. The van der Waals surface area contributed by atoms with Gasteiger partial charge in [0.25, 0.3) is 0 Å². The van der Waals surface area contributed by atoms with Crippen LogP contribution in [0.15, 0.2) is 0 Å². The maximum absolute atomic E-state index is 11.7. The third-order valence-electron chi connectivity index (χ3n) is 2.13. The van der Waals surface area contributed by atoms with E-state index in [0.29, 0.717) is 0 Å². The van der Waals surface area contributed by atoms with Gasteiger partial charge in [0.2, 0.25) is 0 Å². The smallest absolute Gasteiger partial charge is 0.155 e. The second-order valence-corrected chi connectivity index (χ2v) is 7.76. The molecule has 90 valence electrons. The topological polar surface area (TPSA) is 77.2 Å². The van der Waals surface area contributed by atoms with Crippen LogP contribution in [0, 0.1) is 0 Å². The number of sulfone groups is 1. The fourth-order valence-corrected chi connectivity index (χ4v) is 2.12. The summed E-state index contributed by atoms with van der Waals surface area (Å²) in [5.74, 6) is -0.167. The lowest BCUT2D eigenvalue weighted by Crippen LogP contribution is -2.31. The van der Waals surface area contributed by atoms with Crippen molar-refractivity contribution < 1.29 is 13.2 Å². The van der Waals surface area contributed by atoms with Crippen LogP contribution < -0.4 is 5.73 Å². The van der Waals surface area contributed by atoms with Gasteiger partial charge < -0.3 is 5.73 Å². The van der Waals surface area contributed by atoms with Gasteiger partial charge in [-0.05, 0) is 27.7 Å². The molecule has 15 heavy (non-hydrogen) atoms. The van der Waals surface area contributed by atoms with Crippen LogP contribution in [0.2, 0.25) is 0 Å². The fourth-order valence-electron chi connectivity index (χ4n) is 1.02. The Bertz CT molecular complexity index is 312. The van der Waals surface area contributed by atoms with E-state index in [-0.39, 0.29) is 30.4 Å². The van der Waals surface area contributed by atoms with Gasteiger partial charge in [-0.3, -0.25) is 4.79 Å². The number of ketones is 1. The zero-order valence-electron chi connectivity index (χ0n) is 9.91. The molecule has 0 rings (SSSR count). The van der Waals surface area contributed by atoms with E-state index in [4.69, 9.17) is 5.73 Å². The second-order valence-electron chi connectivity index (χ2n) is 4.90. The number of carbonyl (C=O) groups is 1. The Labute approximate surface area is 92.2 Å². The first-order valence-electron chi connectivity index (χ1n) is 5.06. The lowest BCUT2D eigenvalue weighted by Gasteiger charge is -2.18. The minimum absolute atomic E-state index is 0.0706. The molecule has 0 radical (unpaired) electrons. The van der Waals surface area contributed by atoms with E-state index in [1.165, 1.54) is 0 Å². The highest BCUT2D eigenvalue weighted by molar-refractivity contribution is 7.92. The molecule has 0 spiro atoms. The van der Waals surface area contributed by atoms with E-state index in [2.05, 4.69) is 0 Å². The molecule has 1 atom stereocenters. The van der Waals surface area contributed by atoms with Crippen molar-refractivity contribution in [1.29, 1.82) is 0 Å². The molecule has 0 aromatic heterocycles. The third kappa shape index (κ3) is 5.28. The van der Waals surface area contributed by atoms with Gasteiger partial charge in [-0.1, -0.05) is 0 Å². The Morgan fingerprint density at radius 2 is 1.80 bits per heavy atom. The van der Waals surface area contributed by atoms with E-state index < -0.39 is 14.6 Å². The first kappa shape index (κ1) is 14.6. The van der Waals surface area contributed by atoms with E-state index in [1.807, 2.05) is 0 Å². The van der Waals surface area contributed by atoms with Crippen LogP contribution >= 0.6 is 0 Å². The van der Waals surface area contributed by atoms with Crippen LogP contribution in [0.4, 0.5) is 0 Å². The fraction of sp³-hybridized carbons (Fsp3) is 0.900. The largest absolute Gasteiger partial charge is 0.328 e. The van der Waals surface area contributed by atoms with E-state index in [0.717, 1.165) is 0 Å². The molecule has 0 fully saturated rings. The number of hydrogen-bond donors (Lipinski definition) is 1. The quantitative estimate of drug-likeness (QED) is 0.768. The Kier molecular flexibility index (Phi) is 4.93. The highest BCUT2D eigenvalue weighted by atomic mass is 32.2. The minimum atomic E-state index is -3.19. The van der Waals surface area contributed by atoms with Crippen molar-refractivity contribution in [2.75, 3.05) is 5.75 Å². The SMILES string of the molecule is CC(N)CC(=O)CCS(=O)(=O)C(C)(C)C. The molecule has 0 aromatic rings. The van der Waals surface area contributed by atoms with Crippen molar-refractivity contribution in [3.05, 3.63) is 0 Å². The Morgan fingerprint density at radius 1 is 1.33 bits per heavy atom. The maximum atomic E-state index is 11.7. The summed E-state index contributed by atoms with van der Waals surface area (Å²) in [7, 11) is -3.19. The van der Waals surface area contributed by atoms with E-state index in [9.17, 15) is 13.2 Å². The Hall–Kier alpha value is -0.420. The Morgan fingerprint density at radius 3 is 2.13 bits per heavy atom. The van der Waals surface area contributed by atoms with Gasteiger partial charge in [-0.2, -0.15) is 0 Å². The van der Waals surface area contributed by atoms with Crippen molar-refractivity contribution in [3.8, 4) is 0 Å². The van der Waals surface area contributed by atoms with Crippen molar-refractivity contribution in [2.45, 2.75) is 51.3 Å². The molecule has 5 heteroatoms. The van der Waals surface area contributed by atoms with Gasteiger partial charge >= 0.3 is 0 Å². The molecule has 0 aliphatic carbocycles. The molecule has 1 unspecified atom stereocenters. The molecule has 0 saturated carbocycles. The van der Waals surface area contributed by atoms with Crippen LogP contribution in [0.25, 0.3) is 0 Å². The monoisotopic (exact) mass is 235 g/mol. The summed E-state index contributed by atoms with van der Waals surface area (Å²) in [6, 6.07) is -0.199. The molecule has 4 nitrogen and oxygen atoms in total. The lowest BCUT2D eigenvalue weighted by atomic mass is 10.1. The zero-order chi connectivity index (χ0) is 12.3. The number of nitrogens with two attached hydrogens (primary N) is 1. The summed E-state index contributed by atoms with van der Waals surface area (Å²) >= 11 is 0. The molecule has 0 aliphatic rings. The summed E-state index contributed by atoms with van der Waals surface area (Å²) in [6.45, 7) is 6.64. The average molecular weight is 235 g/mol. The molecular formula is C10H21NO3S. The first-order valence-corrected chi connectivity index (χ1v) is 6.71. The van der Waals surface area contributed by atoms with Gasteiger partial charge in [-0.15, -0.1) is 0 Å². The highest BCUT2D eigenvalue weighted by Crippen LogP contribution is 2.17. The van der Waals surface area contributed by atoms with Crippen LogP contribution in [0.3, 0.4) is 0 Å². The summed E-state index contributed by atoms with van der Waals surface area (Å²) in [5.41, 5.74) is 5.45. The molecule has 0 heterocycles. The molecule has 0 aromatic carbocycles. The first-order chi connectivity index (χ1) is 6.56. The number of rotatable bonds is 5. The predicted octanol–water partition coefficient (Wildman–Crippen LogP) is 0.896. The number of hydrogen-bond acceptors (Lipinski definition) is 4. The van der Waals surface area contributed by atoms with Gasteiger partial charge in [0.05, 0.1) is 10.5 Å². The third-order valence-corrected chi connectivity index (χ3v) is 4.74. The molecule has 0 bridgehead atoms. The van der Waals surface area contributed by atoms with Crippen LogP contribution in [0.5, 0.6) is 0 Å².